The van der Waals surface area contributed by atoms with Crippen LogP contribution in [-0.4, -0.2) is 60.0 Å². The van der Waals surface area contributed by atoms with Gasteiger partial charge in [0.05, 0.1) is 6.61 Å². The van der Waals surface area contributed by atoms with Crippen LogP contribution in [0.1, 0.15) is 36.2 Å². The van der Waals surface area contributed by atoms with Crippen molar-refractivity contribution in [2.45, 2.75) is 31.7 Å². The number of hydrogen-bond acceptors (Lipinski definition) is 3. The molecule has 1 atom stereocenters. The first-order valence-electron chi connectivity index (χ1n) is 9.61. The number of likely N-dealkylation sites (tertiary alicyclic amines) is 1. The molecule has 0 aliphatic carbocycles. The average Bonchev–Trinajstić information content (AvgIpc) is 3.27. The Morgan fingerprint density at radius 3 is 2.96 bits per heavy atom. The van der Waals surface area contributed by atoms with Crippen molar-refractivity contribution in [3.05, 3.63) is 42.1 Å². The fraction of sp³-hybridized carbons (Fsp3) is 0.476. The number of carbonyl (C=O) groups is 1. The lowest BCUT2D eigenvalue weighted by atomic mass is 10.1. The highest BCUT2D eigenvalue weighted by Crippen LogP contribution is 2.24. The Bertz CT molecular complexity index is 811. The van der Waals surface area contributed by atoms with E-state index in [0.29, 0.717) is 18.3 Å². The first kappa shape index (κ1) is 17.2. The highest BCUT2D eigenvalue weighted by Gasteiger charge is 2.20. The van der Waals surface area contributed by atoms with Gasteiger partial charge in [0, 0.05) is 30.0 Å². The highest BCUT2D eigenvalue weighted by molar-refractivity contribution is 5.98. The summed E-state index contributed by atoms with van der Waals surface area (Å²) in [5, 5.41) is 1.02. The van der Waals surface area contributed by atoms with Crippen molar-refractivity contribution >= 4 is 16.8 Å². The Labute approximate surface area is 154 Å². The third kappa shape index (κ3) is 3.63. The van der Waals surface area contributed by atoms with Gasteiger partial charge in [0.15, 0.2) is 0 Å². The molecule has 26 heavy (non-hydrogen) atoms. The number of aromatic nitrogens is 1. The van der Waals surface area contributed by atoms with Crippen LogP contribution in [0.3, 0.4) is 0 Å². The molecule has 1 aromatic heterocycles. The van der Waals surface area contributed by atoms with Crippen LogP contribution >= 0.6 is 0 Å². The Hall–Kier alpha value is -2.27. The number of fused-ring (bicyclic) bond motifs is 1. The molecule has 0 bridgehead atoms. The second-order valence-electron chi connectivity index (χ2n) is 7.36. The lowest BCUT2D eigenvalue weighted by Gasteiger charge is -2.22. The van der Waals surface area contributed by atoms with E-state index < -0.39 is 0 Å². The first-order valence-corrected chi connectivity index (χ1v) is 9.61. The molecular formula is C21H27N3O2. The van der Waals surface area contributed by atoms with Crippen molar-refractivity contribution in [1.82, 2.24) is 14.8 Å². The molecule has 2 aliphatic rings. The Morgan fingerprint density at radius 2 is 2.19 bits per heavy atom. The summed E-state index contributed by atoms with van der Waals surface area (Å²) in [5.41, 5.74) is 1.63. The third-order valence-corrected chi connectivity index (χ3v) is 5.56. The number of rotatable bonds is 5. The van der Waals surface area contributed by atoms with E-state index in [1.165, 1.54) is 19.4 Å². The molecule has 0 spiro atoms. The largest absolute Gasteiger partial charge is 0.494 e. The molecule has 3 heterocycles. The summed E-state index contributed by atoms with van der Waals surface area (Å²) >= 11 is 0. The van der Waals surface area contributed by atoms with Gasteiger partial charge in [-0.05, 0) is 63.5 Å². The molecule has 1 aromatic carbocycles. The molecule has 138 valence electrons. The Kier molecular flexibility index (Phi) is 4.98. The molecule has 4 rings (SSSR count). The van der Waals surface area contributed by atoms with Gasteiger partial charge in [-0.3, -0.25) is 4.79 Å². The fourth-order valence-corrected chi connectivity index (χ4v) is 3.97. The molecule has 1 amide bonds. The maximum atomic E-state index is 12.6. The standard InChI is InChI=1S/C21H27N3O2/c1-23-10-5-6-17(23)9-13-26-18-7-8-19-16(14-18)15-20(22-19)21(25)24-11-3-2-4-12-24/h2-3,7-8,14-15,17,22H,4-6,9-13H2,1H3. The lowest BCUT2D eigenvalue weighted by molar-refractivity contribution is 0.0766. The smallest absolute Gasteiger partial charge is 0.270 e. The maximum Gasteiger partial charge on any atom is 0.270 e. The van der Waals surface area contributed by atoms with Crippen LogP contribution in [0.25, 0.3) is 10.9 Å². The zero-order valence-electron chi connectivity index (χ0n) is 15.4. The molecule has 1 fully saturated rings. The number of carbonyl (C=O) groups excluding carboxylic acids is 1. The molecule has 1 N–H and O–H groups in total. The van der Waals surface area contributed by atoms with Crippen LogP contribution in [0.4, 0.5) is 0 Å². The van der Waals surface area contributed by atoms with Crippen molar-refractivity contribution in [3.63, 3.8) is 0 Å². The summed E-state index contributed by atoms with van der Waals surface area (Å²) in [6.07, 6.45) is 8.74. The van der Waals surface area contributed by atoms with Crippen LogP contribution in [0.15, 0.2) is 36.4 Å². The molecule has 5 nitrogen and oxygen atoms in total. The van der Waals surface area contributed by atoms with E-state index in [1.807, 2.05) is 29.2 Å². The predicted molar refractivity (Wildman–Crippen MR) is 104 cm³/mol. The van der Waals surface area contributed by atoms with E-state index in [0.717, 1.165) is 42.6 Å². The number of benzene rings is 1. The monoisotopic (exact) mass is 353 g/mol. The van der Waals surface area contributed by atoms with E-state index in [9.17, 15) is 4.79 Å². The molecule has 5 heteroatoms. The minimum absolute atomic E-state index is 0.0669. The number of ether oxygens (including phenoxy) is 1. The molecule has 1 unspecified atom stereocenters. The van der Waals surface area contributed by atoms with E-state index in [-0.39, 0.29) is 5.91 Å². The number of nitrogens with zero attached hydrogens (tertiary/aromatic N) is 2. The second-order valence-corrected chi connectivity index (χ2v) is 7.36. The number of aromatic amines is 1. The molecule has 2 aromatic rings. The number of nitrogens with one attached hydrogen (secondary N) is 1. The summed E-state index contributed by atoms with van der Waals surface area (Å²) in [4.78, 5) is 20.2. The van der Waals surface area contributed by atoms with E-state index in [1.54, 1.807) is 0 Å². The fourth-order valence-electron chi connectivity index (χ4n) is 3.97. The van der Waals surface area contributed by atoms with Crippen LogP contribution < -0.4 is 4.74 Å². The molecule has 2 aliphatic heterocycles. The highest BCUT2D eigenvalue weighted by atomic mass is 16.5. The van der Waals surface area contributed by atoms with Gasteiger partial charge in [-0.1, -0.05) is 12.2 Å². The summed E-state index contributed by atoms with van der Waals surface area (Å²) in [6.45, 7) is 3.41. The van der Waals surface area contributed by atoms with Crippen molar-refractivity contribution in [3.8, 4) is 5.75 Å². The number of hydrogen-bond donors (Lipinski definition) is 1. The molecule has 0 radical (unpaired) electrons. The second kappa shape index (κ2) is 7.54. The van der Waals surface area contributed by atoms with Crippen LogP contribution in [0, 0.1) is 0 Å². The van der Waals surface area contributed by atoms with E-state index in [2.05, 4.69) is 29.1 Å². The summed E-state index contributed by atoms with van der Waals surface area (Å²) in [5.74, 6) is 0.939. The Balaban J connectivity index is 1.40. The minimum atomic E-state index is 0.0669. The van der Waals surface area contributed by atoms with Crippen molar-refractivity contribution in [1.29, 1.82) is 0 Å². The van der Waals surface area contributed by atoms with Crippen LogP contribution in [0.2, 0.25) is 0 Å². The van der Waals surface area contributed by atoms with Crippen LogP contribution in [0.5, 0.6) is 5.75 Å². The normalized spacial score (nSPS) is 20.8. The van der Waals surface area contributed by atoms with Gasteiger partial charge < -0.3 is 19.5 Å². The third-order valence-electron chi connectivity index (χ3n) is 5.56. The van der Waals surface area contributed by atoms with E-state index in [4.69, 9.17) is 4.74 Å². The van der Waals surface area contributed by atoms with Crippen molar-refractivity contribution < 1.29 is 9.53 Å². The van der Waals surface area contributed by atoms with Crippen molar-refractivity contribution in [2.24, 2.45) is 0 Å². The first-order chi connectivity index (χ1) is 12.7. The van der Waals surface area contributed by atoms with E-state index >= 15 is 0 Å². The zero-order valence-corrected chi connectivity index (χ0v) is 15.4. The number of amides is 1. The molecular weight excluding hydrogens is 326 g/mol. The van der Waals surface area contributed by atoms with Gasteiger partial charge in [-0.15, -0.1) is 0 Å². The summed E-state index contributed by atoms with van der Waals surface area (Å²) in [6, 6.07) is 8.59. The van der Waals surface area contributed by atoms with Gasteiger partial charge >= 0.3 is 0 Å². The average molecular weight is 353 g/mol. The number of H-pyrrole nitrogens is 1. The lowest BCUT2D eigenvalue weighted by Crippen LogP contribution is -2.33. The molecule has 0 saturated carbocycles. The zero-order chi connectivity index (χ0) is 17.9. The summed E-state index contributed by atoms with van der Waals surface area (Å²) < 4.78 is 5.97. The van der Waals surface area contributed by atoms with Gasteiger partial charge in [0.25, 0.3) is 5.91 Å². The Morgan fingerprint density at radius 1 is 1.27 bits per heavy atom. The van der Waals surface area contributed by atoms with Crippen molar-refractivity contribution in [2.75, 3.05) is 33.3 Å². The van der Waals surface area contributed by atoms with Crippen LogP contribution in [-0.2, 0) is 0 Å². The van der Waals surface area contributed by atoms with Gasteiger partial charge in [-0.25, -0.2) is 0 Å². The quantitative estimate of drug-likeness (QED) is 0.838. The van der Waals surface area contributed by atoms with Gasteiger partial charge in [0.1, 0.15) is 11.4 Å². The summed E-state index contributed by atoms with van der Waals surface area (Å²) in [7, 11) is 2.19. The predicted octanol–water partition coefficient (Wildman–Crippen LogP) is 3.43. The topological polar surface area (TPSA) is 48.6 Å². The maximum absolute atomic E-state index is 12.6. The SMILES string of the molecule is CN1CCCC1CCOc1ccc2[nH]c(C(=O)N3CC=CCC3)cc2c1. The molecule has 1 saturated heterocycles. The van der Waals surface area contributed by atoms with Gasteiger partial charge in [-0.2, -0.15) is 0 Å². The van der Waals surface area contributed by atoms with Gasteiger partial charge in [0.2, 0.25) is 0 Å². The minimum Gasteiger partial charge on any atom is -0.494 e.